The van der Waals surface area contributed by atoms with E-state index in [1.807, 2.05) is 26.0 Å². The average Bonchev–Trinajstić information content (AvgIpc) is 2.76. The predicted octanol–water partition coefficient (Wildman–Crippen LogP) is 2.33. The first-order chi connectivity index (χ1) is 11.5. The van der Waals surface area contributed by atoms with Crippen LogP contribution in [0.3, 0.4) is 0 Å². The van der Waals surface area contributed by atoms with E-state index < -0.39 is 0 Å². The Morgan fingerprint density at radius 2 is 2.12 bits per heavy atom. The molecule has 1 heterocycles. The minimum Gasteiger partial charge on any atom is -0.507 e. The number of amides is 2. The monoisotopic (exact) mass is 331 g/mol. The summed E-state index contributed by atoms with van der Waals surface area (Å²) in [4.78, 5) is 25.6. The smallest absolute Gasteiger partial charge is 0.259 e. The molecule has 1 fully saturated rings. The number of likely N-dealkylation sites (tertiary alicyclic amines) is 1. The van der Waals surface area contributed by atoms with Crippen LogP contribution in [0.2, 0.25) is 0 Å². The van der Waals surface area contributed by atoms with E-state index in [0.717, 1.165) is 24.8 Å². The number of nitrogens with one attached hydrogen (secondary N) is 1. The van der Waals surface area contributed by atoms with Crippen LogP contribution in [0.5, 0.6) is 5.75 Å². The highest BCUT2D eigenvalue weighted by Crippen LogP contribution is 2.20. The maximum absolute atomic E-state index is 12.1. The van der Waals surface area contributed by atoms with Gasteiger partial charge in [0.25, 0.3) is 5.91 Å². The fourth-order valence-electron chi connectivity index (χ4n) is 2.76. The zero-order valence-electron chi connectivity index (χ0n) is 14.3. The highest BCUT2D eigenvalue weighted by Gasteiger charge is 2.19. The first-order valence-corrected chi connectivity index (χ1v) is 8.44. The Labute approximate surface area is 142 Å². The maximum atomic E-state index is 12.1. The number of phenols is 1. The van der Waals surface area contributed by atoms with Gasteiger partial charge < -0.3 is 10.0 Å². The highest BCUT2D eigenvalue weighted by molar-refractivity contribution is 6.03. The molecule has 0 atom stereocenters. The molecule has 1 aliphatic rings. The predicted molar refractivity (Wildman–Crippen MR) is 92.9 cm³/mol. The van der Waals surface area contributed by atoms with Crippen molar-refractivity contribution >= 4 is 17.5 Å². The molecule has 0 unspecified atom stereocenters. The van der Waals surface area contributed by atoms with Gasteiger partial charge in [0, 0.05) is 18.5 Å². The molecule has 24 heavy (non-hydrogen) atoms. The zero-order valence-corrected chi connectivity index (χ0v) is 14.3. The van der Waals surface area contributed by atoms with E-state index in [9.17, 15) is 14.7 Å². The molecule has 2 rings (SSSR count). The molecule has 0 aliphatic carbocycles. The lowest BCUT2D eigenvalue weighted by Gasteiger charge is -2.19. The lowest BCUT2D eigenvalue weighted by Crippen LogP contribution is -2.39. The normalized spacial score (nSPS) is 16.0. The van der Waals surface area contributed by atoms with Crippen LogP contribution in [-0.4, -0.2) is 40.6 Å². The Balaban J connectivity index is 2.02. The summed E-state index contributed by atoms with van der Waals surface area (Å²) >= 11 is 0. The van der Waals surface area contributed by atoms with Crippen molar-refractivity contribution in [2.24, 2.45) is 5.10 Å². The number of nitrogens with zero attached hydrogens (tertiary/aromatic N) is 2. The number of hydrazone groups is 1. The Kier molecular flexibility index (Phi) is 6.35. The lowest BCUT2D eigenvalue weighted by molar-refractivity contribution is -0.135. The summed E-state index contributed by atoms with van der Waals surface area (Å²) in [6.07, 6.45) is 3.92. The van der Waals surface area contributed by atoms with Crippen LogP contribution in [0.15, 0.2) is 23.3 Å². The first-order valence-electron chi connectivity index (χ1n) is 8.44. The molecule has 1 saturated heterocycles. The van der Waals surface area contributed by atoms with Crippen LogP contribution in [0.25, 0.3) is 0 Å². The molecule has 0 aromatic heterocycles. The number of benzene rings is 1. The summed E-state index contributed by atoms with van der Waals surface area (Å²) < 4.78 is 0. The number of carbonyl (C=O) groups is 2. The minimum absolute atomic E-state index is 0.0265. The molecule has 1 aliphatic heterocycles. The summed E-state index contributed by atoms with van der Waals surface area (Å²) in [6, 6.07) is 5.27. The molecule has 2 N–H and O–H groups in total. The molecular weight excluding hydrogens is 306 g/mol. The molecule has 130 valence electrons. The molecule has 1 aromatic rings. The van der Waals surface area contributed by atoms with Gasteiger partial charge in [-0.05, 0) is 38.3 Å². The third-order valence-electron chi connectivity index (χ3n) is 4.12. The molecule has 0 spiro atoms. The molecule has 0 saturated carbocycles. The Bertz CT molecular complexity index is 640. The van der Waals surface area contributed by atoms with E-state index in [1.54, 1.807) is 11.0 Å². The number of aromatic hydroxyl groups is 1. The lowest BCUT2D eigenvalue weighted by atomic mass is 10.0. The number of aryl methyl sites for hydroxylation is 1. The van der Waals surface area contributed by atoms with Gasteiger partial charge in [0.15, 0.2) is 0 Å². The SMILES string of the molecule is CC/C(=N\NC(=O)CN1CCCCCC1=O)c1cc(C)ccc1O. The van der Waals surface area contributed by atoms with E-state index in [1.165, 1.54) is 0 Å². The van der Waals surface area contributed by atoms with Gasteiger partial charge in [0.1, 0.15) is 12.3 Å². The fraction of sp³-hybridized carbons (Fsp3) is 0.500. The molecule has 1 aromatic carbocycles. The van der Waals surface area contributed by atoms with Crippen molar-refractivity contribution in [2.45, 2.75) is 46.0 Å². The summed E-state index contributed by atoms with van der Waals surface area (Å²) in [5, 5.41) is 14.1. The topological polar surface area (TPSA) is 82.0 Å². The van der Waals surface area contributed by atoms with Crippen LogP contribution < -0.4 is 5.43 Å². The molecule has 0 bridgehead atoms. The van der Waals surface area contributed by atoms with Crippen molar-refractivity contribution in [3.63, 3.8) is 0 Å². The summed E-state index contributed by atoms with van der Waals surface area (Å²) in [6.45, 7) is 4.49. The second kappa shape index (κ2) is 8.47. The van der Waals surface area contributed by atoms with Crippen molar-refractivity contribution in [1.82, 2.24) is 10.3 Å². The van der Waals surface area contributed by atoms with Crippen molar-refractivity contribution in [3.8, 4) is 5.75 Å². The molecule has 6 heteroatoms. The standard InChI is InChI=1S/C18H25N3O3/c1-3-15(14-11-13(2)8-9-16(14)22)19-20-17(23)12-21-10-6-4-5-7-18(21)24/h8-9,11,22H,3-7,10,12H2,1-2H3,(H,20,23)/b19-15+. The van der Waals surface area contributed by atoms with Crippen molar-refractivity contribution in [2.75, 3.05) is 13.1 Å². The fourth-order valence-corrected chi connectivity index (χ4v) is 2.76. The second-order valence-corrected chi connectivity index (χ2v) is 6.09. The van der Waals surface area contributed by atoms with Gasteiger partial charge in [0.05, 0.1) is 5.71 Å². The largest absolute Gasteiger partial charge is 0.507 e. The third-order valence-corrected chi connectivity index (χ3v) is 4.12. The summed E-state index contributed by atoms with van der Waals surface area (Å²) in [5.74, 6) is -0.153. The number of hydrogen-bond donors (Lipinski definition) is 2. The van der Waals surface area contributed by atoms with Gasteiger partial charge in [-0.3, -0.25) is 9.59 Å². The molecule has 6 nitrogen and oxygen atoms in total. The number of carbonyl (C=O) groups excluding carboxylic acids is 2. The maximum Gasteiger partial charge on any atom is 0.259 e. The number of rotatable bonds is 5. The Hall–Kier alpha value is -2.37. The third kappa shape index (κ3) is 4.81. The summed E-state index contributed by atoms with van der Waals surface area (Å²) in [7, 11) is 0. The van der Waals surface area contributed by atoms with E-state index in [-0.39, 0.29) is 24.1 Å². The van der Waals surface area contributed by atoms with Crippen molar-refractivity contribution in [3.05, 3.63) is 29.3 Å². The van der Waals surface area contributed by atoms with Gasteiger partial charge in [-0.1, -0.05) is 25.0 Å². The van der Waals surface area contributed by atoms with E-state index in [4.69, 9.17) is 0 Å². The van der Waals surface area contributed by atoms with Gasteiger partial charge in [-0.15, -0.1) is 0 Å². The quantitative estimate of drug-likeness (QED) is 0.642. The van der Waals surface area contributed by atoms with Crippen molar-refractivity contribution in [1.29, 1.82) is 0 Å². The molecular formula is C18H25N3O3. The van der Waals surface area contributed by atoms with Crippen LogP contribution in [0.1, 0.15) is 50.2 Å². The Morgan fingerprint density at radius 1 is 1.33 bits per heavy atom. The average molecular weight is 331 g/mol. The van der Waals surface area contributed by atoms with Gasteiger partial charge in [-0.2, -0.15) is 5.10 Å². The highest BCUT2D eigenvalue weighted by atomic mass is 16.3. The molecule has 2 amide bonds. The van der Waals surface area contributed by atoms with Gasteiger partial charge in [-0.25, -0.2) is 5.43 Å². The molecule has 0 radical (unpaired) electrons. The number of phenolic OH excluding ortho intramolecular Hbond substituents is 1. The van der Waals surface area contributed by atoms with Crippen LogP contribution in [0, 0.1) is 6.92 Å². The van der Waals surface area contributed by atoms with E-state index in [2.05, 4.69) is 10.5 Å². The van der Waals surface area contributed by atoms with E-state index in [0.29, 0.717) is 30.7 Å². The van der Waals surface area contributed by atoms with Gasteiger partial charge in [0.2, 0.25) is 5.91 Å². The minimum atomic E-state index is -0.316. The zero-order chi connectivity index (χ0) is 17.5. The Morgan fingerprint density at radius 3 is 2.88 bits per heavy atom. The summed E-state index contributed by atoms with van der Waals surface area (Å²) in [5.41, 5.74) is 4.73. The van der Waals surface area contributed by atoms with Gasteiger partial charge >= 0.3 is 0 Å². The van der Waals surface area contributed by atoms with E-state index >= 15 is 0 Å². The number of hydrogen-bond acceptors (Lipinski definition) is 4. The second-order valence-electron chi connectivity index (χ2n) is 6.09. The van der Waals surface area contributed by atoms with Crippen LogP contribution >= 0.6 is 0 Å². The first kappa shape index (κ1) is 18.0. The van der Waals surface area contributed by atoms with Crippen molar-refractivity contribution < 1.29 is 14.7 Å². The van der Waals surface area contributed by atoms with Crippen LogP contribution in [0.4, 0.5) is 0 Å². The van der Waals surface area contributed by atoms with Crippen LogP contribution in [-0.2, 0) is 9.59 Å².